The van der Waals surface area contributed by atoms with Gasteiger partial charge in [0.1, 0.15) is 0 Å². The molecule has 2 saturated heterocycles. The number of piperidine rings is 2. The highest BCUT2D eigenvalue weighted by Gasteiger charge is 2.21. The summed E-state index contributed by atoms with van der Waals surface area (Å²) in [5.41, 5.74) is 0. The van der Waals surface area contributed by atoms with Gasteiger partial charge in [0.15, 0.2) is 5.96 Å². The zero-order chi connectivity index (χ0) is 16.7. The molecule has 142 valence electrons. The molecule has 2 rings (SSSR count). The van der Waals surface area contributed by atoms with E-state index in [1.54, 1.807) is 0 Å². The van der Waals surface area contributed by atoms with Gasteiger partial charge in [-0.3, -0.25) is 4.99 Å². The molecule has 2 aliphatic rings. The van der Waals surface area contributed by atoms with Gasteiger partial charge in [-0.1, -0.05) is 6.92 Å². The normalized spacial score (nSPS) is 22.5. The van der Waals surface area contributed by atoms with Gasteiger partial charge in [0.2, 0.25) is 0 Å². The van der Waals surface area contributed by atoms with Crippen molar-refractivity contribution in [3.05, 3.63) is 0 Å². The van der Waals surface area contributed by atoms with Gasteiger partial charge in [0, 0.05) is 45.3 Å². The van der Waals surface area contributed by atoms with Crippen LogP contribution in [-0.4, -0.2) is 74.2 Å². The largest absolute Gasteiger partial charge is 0.355 e. The molecule has 5 nitrogen and oxygen atoms in total. The van der Waals surface area contributed by atoms with Crippen LogP contribution < -0.4 is 10.6 Å². The zero-order valence-corrected chi connectivity index (χ0v) is 18.4. The monoisotopic (exact) mass is 451 g/mol. The Morgan fingerprint density at radius 2 is 1.71 bits per heavy atom. The van der Waals surface area contributed by atoms with Gasteiger partial charge in [-0.05, 0) is 58.5 Å². The highest BCUT2D eigenvalue weighted by molar-refractivity contribution is 14.0. The lowest BCUT2D eigenvalue weighted by Gasteiger charge is -2.35. The van der Waals surface area contributed by atoms with Crippen molar-refractivity contribution >= 4 is 29.9 Å². The smallest absolute Gasteiger partial charge is 0.191 e. The highest BCUT2D eigenvalue weighted by Crippen LogP contribution is 2.15. The van der Waals surface area contributed by atoms with E-state index in [2.05, 4.69) is 46.2 Å². The Hall–Kier alpha value is -0.0800. The number of hydrogen-bond acceptors (Lipinski definition) is 3. The van der Waals surface area contributed by atoms with Crippen molar-refractivity contribution < 1.29 is 0 Å². The molecule has 0 bridgehead atoms. The maximum atomic E-state index is 4.39. The fraction of sp³-hybridized carbons (Fsp3) is 0.944. The molecular formula is C18H38IN5. The van der Waals surface area contributed by atoms with Crippen molar-refractivity contribution in [3.8, 4) is 0 Å². The summed E-state index contributed by atoms with van der Waals surface area (Å²) in [5, 5.41) is 7.10. The fourth-order valence-electron chi connectivity index (χ4n) is 3.57. The van der Waals surface area contributed by atoms with Gasteiger partial charge in [-0.25, -0.2) is 0 Å². The minimum Gasteiger partial charge on any atom is -0.355 e. The first kappa shape index (κ1) is 22.0. The molecule has 0 atom stereocenters. The van der Waals surface area contributed by atoms with E-state index < -0.39 is 0 Å². The summed E-state index contributed by atoms with van der Waals surface area (Å²) in [6.07, 6.45) is 5.12. The van der Waals surface area contributed by atoms with E-state index in [1.807, 2.05) is 7.05 Å². The van der Waals surface area contributed by atoms with Gasteiger partial charge in [0.25, 0.3) is 0 Å². The van der Waals surface area contributed by atoms with Gasteiger partial charge in [0.05, 0.1) is 0 Å². The van der Waals surface area contributed by atoms with Crippen LogP contribution >= 0.6 is 24.0 Å². The van der Waals surface area contributed by atoms with Crippen LogP contribution in [0.2, 0.25) is 0 Å². The Balaban J connectivity index is 0.00000288. The van der Waals surface area contributed by atoms with Crippen molar-refractivity contribution in [2.45, 2.75) is 58.5 Å². The SMILES string of the molecule is CN=C(NCCN1CCC(C)CC1)NC1CCN(C(C)C)CC1.I. The molecule has 2 N–H and O–H groups in total. The van der Waals surface area contributed by atoms with Crippen LogP contribution in [0.5, 0.6) is 0 Å². The molecule has 2 fully saturated rings. The molecule has 0 aromatic carbocycles. The molecule has 0 unspecified atom stereocenters. The second-order valence-electron chi connectivity index (χ2n) is 7.57. The molecule has 0 saturated carbocycles. The molecule has 0 aromatic rings. The number of nitrogens with zero attached hydrogens (tertiary/aromatic N) is 3. The third-order valence-electron chi connectivity index (χ3n) is 5.42. The summed E-state index contributed by atoms with van der Waals surface area (Å²) < 4.78 is 0. The quantitative estimate of drug-likeness (QED) is 0.383. The first-order chi connectivity index (χ1) is 11.1. The average Bonchev–Trinajstić information content (AvgIpc) is 2.56. The summed E-state index contributed by atoms with van der Waals surface area (Å²) in [5.74, 6) is 1.88. The number of aliphatic imine (C=N–C) groups is 1. The van der Waals surface area contributed by atoms with Crippen molar-refractivity contribution in [1.29, 1.82) is 0 Å². The summed E-state index contributed by atoms with van der Waals surface area (Å²) in [7, 11) is 1.88. The minimum absolute atomic E-state index is 0. The Morgan fingerprint density at radius 3 is 2.25 bits per heavy atom. The van der Waals surface area contributed by atoms with E-state index in [-0.39, 0.29) is 24.0 Å². The second kappa shape index (κ2) is 11.5. The lowest BCUT2D eigenvalue weighted by molar-refractivity contribution is 0.167. The van der Waals surface area contributed by atoms with Gasteiger partial charge < -0.3 is 20.4 Å². The summed E-state index contributed by atoms with van der Waals surface area (Å²) in [4.78, 5) is 9.53. The molecule has 2 aliphatic heterocycles. The van der Waals surface area contributed by atoms with Crippen LogP contribution in [0.1, 0.15) is 46.5 Å². The van der Waals surface area contributed by atoms with Crippen LogP contribution in [0.3, 0.4) is 0 Å². The van der Waals surface area contributed by atoms with Gasteiger partial charge >= 0.3 is 0 Å². The minimum atomic E-state index is 0. The van der Waals surface area contributed by atoms with E-state index in [1.165, 1.54) is 51.9 Å². The van der Waals surface area contributed by atoms with Crippen molar-refractivity contribution in [2.24, 2.45) is 10.9 Å². The number of likely N-dealkylation sites (tertiary alicyclic amines) is 2. The first-order valence-electron chi connectivity index (χ1n) is 9.52. The lowest BCUT2D eigenvalue weighted by atomic mass is 9.99. The molecule has 0 aromatic heterocycles. The maximum Gasteiger partial charge on any atom is 0.191 e. The molecule has 24 heavy (non-hydrogen) atoms. The highest BCUT2D eigenvalue weighted by atomic mass is 127. The van der Waals surface area contributed by atoms with E-state index in [4.69, 9.17) is 0 Å². The second-order valence-corrected chi connectivity index (χ2v) is 7.57. The first-order valence-corrected chi connectivity index (χ1v) is 9.52. The third-order valence-corrected chi connectivity index (χ3v) is 5.42. The van der Waals surface area contributed by atoms with Crippen LogP contribution in [-0.2, 0) is 0 Å². The molecule has 0 aliphatic carbocycles. The Kier molecular flexibility index (Phi) is 10.5. The molecule has 6 heteroatoms. The van der Waals surface area contributed by atoms with Gasteiger partial charge in [-0.2, -0.15) is 0 Å². The molecule has 0 radical (unpaired) electrons. The molecule has 2 heterocycles. The molecule has 0 amide bonds. The number of guanidine groups is 1. The predicted octanol–water partition coefficient (Wildman–Crippen LogP) is 2.37. The third kappa shape index (κ3) is 7.44. The lowest BCUT2D eigenvalue weighted by Crippen LogP contribution is -2.50. The zero-order valence-electron chi connectivity index (χ0n) is 16.1. The Morgan fingerprint density at radius 1 is 1.08 bits per heavy atom. The summed E-state index contributed by atoms with van der Waals surface area (Å²) in [6.45, 7) is 13.9. The average molecular weight is 451 g/mol. The van der Waals surface area contributed by atoms with Crippen molar-refractivity contribution in [1.82, 2.24) is 20.4 Å². The maximum absolute atomic E-state index is 4.39. The fourth-order valence-corrected chi connectivity index (χ4v) is 3.57. The Bertz CT molecular complexity index is 358. The molecule has 0 spiro atoms. The standard InChI is InChI=1S/C18H37N5.HI/c1-15(2)23-12-7-17(8-13-23)21-18(19-4)20-9-14-22-10-5-16(3)6-11-22;/h15-17H,5-14H2,1-4H3,(H2,19,20,21);1H. The van der Waals surface area contributed by atoms with Crippen molar-refractivity contribution in [3.63, 3.8) is 0 Å². The van der Waals surface area contributed by atoms with Crippen LogP contribution in [0.4, 0.5) is 0 Å². The Labute approximate surface area is 166 Å². The van der Waals surface area contributed by atoms with E-state index >= 15 is 0 Å². The van der Waals surface area contributed by atoms with Crippen molar-refractivity contribution in [2.75, 3.05) is 46.3 Å². The van der Waals surface area contributed by atoms with Crippen LogP contribution in [0.25, 0.3) is 0 Å². The van der Waals surface area contributed by atoms with E-state index in [0.29, 0.717) is 12.1 Å². The summed E-state index contributed by atoms with van der Waals surface area (Å²) >= 11 is 0. The van der Waals surface area contributed by atoms with E-state index in [0.717, 1.165) is 25.0 Å². The van der Waals surface area contributed by atoms with E-state index in [9.17, 15) is 0 Å². The summed E-state index contributed by atoms with van der Waals surface area (Å²) in [6, 6.07) is 1.23. The number of halogens is 1. The topological polar surface area (TPSA) is 42.9 Å². The number of rotatable bonds is 5. The van der Waals surface area contributed by atoms with Crippen LogP contribution in [0, 0.1) is 5.92 Å². The molecular weight excluding hydrogens is 413 g/mol. The number of nitrogens with one attached hydrogen (secondary N) is 2. The van der Waals surface area contributed by atoms with Crippen LogP contribution in [0.15, 0.2) is 4.99 Å². The number of hydrogen-bond donors (Lipinski definition) is 2. The predicted molar refractivity (Wildman–Crippen MR) is 114 cm³/mol. The van der Waals surface area contributed by atoms with Gasteiger partial charge in [-0.15, -0.1) is 24.0 Å².